The van der Waals surface area contributed by atoms with Crippen LogP contribution in [0, 0.1) is 11.8 Å². The molecule has 2 fully saturated rings. The molecule has 0 aromatic heterocycles. The summed E-state index contributed by atoms with van der Waals surface area (Å²) < 4.78 is -1.26. The normalized spacial score (nSPS) is 23.8. The highest BCUT2D eigenvalue weighted by molar-refractivity contribution is 6.00. The summed E-state index contributed by atoms with van der Waals surface area (Å²) in [6.07, 6.45) is -2.00. The maximum Gasteiger partial charge on any atom is 0.361 e. The molecule has 2 bridgehead atoms. The number of nitrogen functional groups attached to an aromatic ring is 1. The van der Waals surface area contributed by atoms with Crippen LogP contribution in [0.4, 0.5) is 5.69 Å². The van der Waals surface area contributed by atoms with E-state index in [0.29, 0.717) is 17.7 Å². The first kappa shape index (κ1) is 56.9. The third-order valence-electron chi connectivity index (χ3n) is 12.0. The molecule has 0 saturated carbocycles. The van der Waals surface area contributed by atoms with E-state index in [-0.39, 0.29) is 24.3 Å². The highest BCUT2D eigenvalue weighted by atomic mass is 16.2. The quantitative estimate of drug-likeness (QED) is 0.0428. The number of nitrogens with two attached hydrogens (primary N) is 3. The first-order chi connectivity index (χ1) is 32.7. The number of anilines is 1. The van der Waals surface area contributed by atoms with Crippen LogP contribution in [0.15, 0.2) is 36.4 Å². The molecule has 25 heteroatoms. The van der Waals surface area contributed by atoms with Crippen molar-refractivity contribution in [3.63, 3.8) is 0 Å². The zero-order valence-electron chi connectivity index (χ0n) is 40.7. The van der Waals surface area contributed by atoms with E-state index in [1.807, 2.05) is 0 Å². The second-order valence-electron chi connectivity index (χ2n) is 18.3. The fourth-order valence-corrected chi connectivity index (χ4v) is 8.14. The van der Waals surface area contributed by atoms with Gasteiger partial charge < -0.3 is 58.9 Å². The molecule has 2 aliphatic rings. The summed E-state index contributed by atoms with van der Waals surface area (Å²) in [5.74, 6) is -11.2. The van der Waals surface area contributed by atoms with E-state index in [1.54, 1.807) is 52.0 Å². The minimum atomic E-state index is -1.79. The van der Waals surface area contributed by atoms with Crippen LogP contribution in [0.3, 0.4) is 0 Å². The highest BCUT2D eigenvalue weighted by Gasteiger charge is 2.55. The minimum absolute atomic E-state index is 0.0910. The largest absolute Gasteiger partial charge is 0.399 e. The molecule has 1 aromatic carbocycles. The first-order valence-corrected chi connectivity index (χ1v) is 22.7. The number of carbonyl (C=O) groups excluding carboxylic acids is 12. The van der Waals surface area contributed by atoms with Gasteiger partial charge in [0.1, 0.15) is 24.2 Å². The molecule has 0 spiro atoms. The highest BCUT2D eigenvalue weighted by Crippen LogP contribution is 2.24. The Morgan fingerprint density at radius 2 is 1.56 bits per heavy atom. The third kappa shape index (κ3) is 15.8. The van der Waals surface area contributed by atoms with Gasteiger partial charge in [-0.3, -0.25) is 52.7 Å². The number of fused-ring (bicyclic) bond motifs is 2. The summed E-state index contributed by atoms with van der Waals surface area (Å²) >= 11 is 0. The van der Waals surface area contributed by atoms with Crippen LogP contribution in [0.5, 0.6) is 0 Å². The SMILES string of the molecule is C=C(CC(N)=O)[C@@H]1NC(=O)C(C(C)CC)N(C)C(=O)[C@H](Cc2ccc(N)cc2)NC(=O)CNC(=O)CC[C@@H](C(=O)N(C)CC(=O)N[C@@H](CC(C)C)C(=O)NCC(N)=O)[N+]2(C)NC(=O)C[C@H](NC1=O)C2=O. The molecule has 2 heterocycles. The van der Waals surface area contributed by atoms with E-state index in [9.17, 15) is 57.5 Å². The number of carbonyl (C=O) groups is 12. The molecule has 2 aliphatic heterocycles. The van der Waals surface area contributed by atoms with Crippen molar-refractivity contribution in [3.8, 4) is 0 Å². The molecule has 25 nitrogen and oxygen atoms in total. The Balaban J connectivity index is 2.13. The Bertz CT molecular complexity index is 2220. The number of hydrogen-bond acceptors (Lipinski definition) is 13. The lowest BCUT2D eigenvalue weighted by molar-refractivity contribution is -0.889. The second-order valence-corrected chi connectivity index (χ2v) is 18.3. The average molecular weight is 983 g/mol. The van der Waals surface area contributed by atoms with E-state index in [1.165, 1.54) is 14.1 Å². The molecule has 8 atom stereocenters. The van der Waals surface area contributed by atoms with Gasteiger partial charge >= 0.3 is 5.91 Å². The summed E-state index contributed by atoms with van der Waals surface area (Å²) in [7, 11) is 3.67. The maximum atomic E-state index is 14.6. The van der Waals surface area contributed by atoms with Crippen molar-refractivity contribution < 1.29 is 62.1 Å². The van der Waals surface area contributed by atoms with Gasteiger partial charge in [0.15, 0.2) is 12.1 Å². The Morgan fingerprint density at radius 3 is 2.14 bits per heavy atom. The molecule has 3 unspecified atom stereocenters. The lowest BCUT2D eigenvalue weighted by atomic mass is 9.94. The van der Waals surface area contributed by atoms with Gasteiger partial charge in [0.25, 0.3) is 11.8 Å². The summed E-state index contributed by atoms with van der Waals surface area (Å²) in [4.78, 5) is 164. The standard InChI is InChI=1S/C45H67N13O12/c1-9-24(4)39-42(67)54-38(25(5)17-32(47)59)41(66)53-30-19-35(62)55-58(8,45(30)70)31(44(69)56(6)22-37(64)51-28(16-23(2)3)40(65)50-20-33(48)60)14-15-34(61)49-21-36(63)52-29(43(68)57(39)7)18-26-10-12-27(46)13-11-26/h10-13,23-24,28-31,38-39H,5,9,14-22,46H2,1-4,6-8H3,(H10-,47,48,49,50,51,52,53,54,55,59,60,61,62,63,64,65,66,67)/p+1/t24?,28-,29-,30-,31-,38-,39?,58?/m0/s1. The van der Waals surface area contributed by atoms with Crippen molar-refractivity contribution in [3.05, 3.63) is 42.0 Å². The van der Waals surface area contributed by atoms with E-state index < -0.39 is 163 Å². The molecular formula is C45H68N13O12+. The Hall–Kier alpha value is -7.44. The lowest BCUT2D eigenvalue weighted by Crippen LogP contribution is -2.76. The number of nitrogens with zero attached hydrogens (tertiary/aromatic N) is 3. The van der Waals surface area contributed by atoms with Gasteiger partial charge in [-0.1, -0.05) is 52.8 Å². The molecule has 0 aliphatic carbocycles. The molecule has 384 valence electrons. The van der Waals surface area contributed by atoms with Crippen molar-refractivity contribution in [2.75, 3.05) is 46.5 Å². The summed E-state index contributed by atoms with van der Waals surface area (Å²) in [6.45, 7) is 8.88. The van der Waals surface area contributed by atoms with E-state index in [0.717, 1.165) is 16.8 Å². The second kappa shape index (κ2) is 25.2. The number of amides is 12. The van der Waals surface area contributed by atoms with Crippen molar-refractivity contribution in [1.82, 2.24) is 47.1 Å². The number of rotatable bonds is 16. The van der Waals surface area contributed by atoms with Crippen molar-refractivity contribution in [2.45, 2.75) is 109 Å². The predicted molar refractivity (Wildman–Crippen MR) is 251 cm³/mol. The Labute approximate surface area is 405 Å². The molecule has 13 N–H and O–H groups in total. The van der Waals surface area contributed by atoms with Crippen LogP contribution in [0.1, 0.15) is 71.8 Å². The maximum absolute atomic E-state index is 14.6. The van der Waals surface area contributed by atoms with Crippen molar-refractivity contribution in [1.29, 1.82) is 0 Å². The van der Waals surface area contributed by atoms with Crippen LogP contribution in [0.2, 0.25) is 0 Å². The van der Waals surface area contributed by atoms with Gasteiger partial charge in [-0.05, 0) is 41.5 Å². The van der Waals surface area contributed by atoms with Crippen molar-refractivity contribution >= 4 is 76.6 Å². The predicted octanol–water partition coefficient (Wildman–Crippen LogP) is -4.15. The topological polar surface area (TPSA) is 374 Å². The number of benzene rings is 1. The number of quaternary nitrogens is 1. The molecule has 0 radical (unpaired) electrons. The zero-order valence-corrected chi connectivity index (χ0v) is 40.7. The average Bonchev–Trinajstić information content (AvgIpc) is 3.27. The molecule has 1 aromatic rings. The fraction of sp³-hybridized carbons (Fsp3) is 0.556. The van der Waals surface area contributed by atoms with Crippen LogP contribution in [0.25, 0.3) is 0 Å². The van der Waals surface area contributed by atoms with Gasteiger partial charge in [0.05, 0.1) is 33.1 Å². The Morgan fingerprint density at radius 1 is 0.914 bits per heavy atom. The Kier molecular flexibility index (Phi) is 20.5. The van der Waals surface area contributed by atoms with Crippen LogP contribution in [-0.2, 0) is 64.0 Å². The third-order valence-corrected chi connectivity index (χ3v) is 12.0. The minimum Gasteiger partial charge on any atom is -0.399 e. The number of hydrogen-bond donors (Lipinski definition) is 10. The smallest absolute Gasteiger partial charge is 0.361 e. The zero-order chi connectivity index (χ0) is 52.8. The van der Waals surface area contributed by atoms with Gasteiger partial charge in [-0.25, -0.2) is 4.79 Å². The van der Waals surface area contributed by atoms with Gasteiger partial charge in [0.2, 0.25) is 53.2 Å². The lowest BCUT2D eigenvalue weighted by Gasteiger charge is -2.43. The molecular weight excluding hydrogens is 915 g/mol. The first-order valence-electron chi connectivity index (χ1n) is 22.7. The van der Waals surface area contributed by atoms with E-state index in [4.69, 9.17) is 17.2 Å². The van der Waals surface area contributed by atoms with Crippen LogP contribution < -0.4 is 54.5 Å². The summed E-state index contributed by atoms with van der Waals surface area (Å²) in [6, 6.07) is -2.53. The van der Waals surface area contributed by atoms with E-state index >= 15 is 0 Å². The summed E-state index contributed by atoms with van der Waals surface area (Å²) in [5.41, 5.74) is 19.7. The van der Waals surface area contributed by atoms with Crippen LogP contribution >= 0.6 is 0 Å². The molecule has 12 amide bonds. The molecule has 2 saturated heterocycles. The molecule has 3 rings (SSSR count). The van der Waals surface area contributed by atoms with Gasteiger partial charge in [-0.2, -0.15) is 5.43 Å². The van der Waals surface area contributed by atoms with Gasteiger partial charge in [0, 0.05) is 45.5 Å². The molecule has 70 heavy (non-hydrogen) atoms. The van der Waals surface area contributed by atoms with E-state index in [2.05, 4.69) is 43.9 Å². The number of nitrogens with one attached hydrogen (secondary N) is 7. The number of likely N-dealkylation sites (N-methyl/N-ethyl adjacent to an activating group) is 3. The number of primary amides is 2. The monoisotopic (exact) mass is 983 g/mol. The van der Waals surface area contributed by atoms with Crippen molar-refractivity contribution in [2.24, 2.45) is 23.3 Å². The fourth-order valence-electron chi connectivity index (χ4n) is 8.14. The summed E-state index contributed by atoms with van der Waals surface area (Å²) in [5, 5.41) is 14.9. The van der Waals surface area contributed by atoms with Crippen LogP contribution in [-0.4, -0.2) is 162 Å². The van der Waals surface area contributed by atoms with Gasteiger partial charge in [-0.15, -0.1) is 4.59 Å².